The van der Waals surface area contributed by atoms with Crippen molar-refractivity contribution in [3.05, 3.63) is 35.9 Å². The Morgan fingerprint density at radius 2 is 2.06 bits per heavy atom. The second-order valence-electron chi connectivity index (χ2n) is 3.89. The molecular formula is C12H18N2O2. The number of carbonyl (C=O) groups excluding carboxylic acids is 1. The summed E-state index contributed by atoms with van der Waals surface area (Å²) in [6.45, 7) is 1.65. The molecule has 0 saturated heterocycles. The molecule has 0 radical (unpaired) electrons. The van der Waals surface area contributed by atoms with Gasteiger partial charge in [0.2, 0.25) is 5.91 Å². The van der Waals surface area contributed by atoms with Gasteiger partial charge in [0.25, 0.3) is 0 Å². The molecule has 0 aromatic heterocycles. The topological polar surface area (TPSA) is 75.3 Å². The van der Waals surface area contributed by atoms with Crippen molar-refractivity contribution in [1.29, 1.82) is 0 Å². The number of amides is 1. The lowest BCUT2D eigenvalue weighted by atomic mass is 10.1. The third-order valence-corrected chi connectivity index (χ3v) is 2.30. The smallest absolute Gasteiger partial charge is 0.237 e. The van der Waals surface area contributed by atoms with E-state index in [9.17, 15) is 4.79 Å². The standard InChI is InChI=1S/C12H18N2O2/c1-9(8-15)14-12(16)11(13)7-10-5-3-2-4-6-10/h2-6,9,11,15H,7-8,13H2,1H3,(H,14,16)/t9?,11-/m1/s1. The van der Waals surface area contributed by atoms with Crippen molar-refractivity contribution in [2.24, 2.45) is 5.73 Å². The van der Waals surface area contributed by atoms with Crippen molar-refractivity contribution in [3.8, 4) is 0 Å². The molecule has 4 heteroatoms. The molecule has 2 atom stereocenters. The van der Waals surface area contributed by atoms with Crippen molar-refractivity contribution in [2.45, 2.75) is 25.4 Å². The van der Waals surface area contributed by atoms with Gasteiger partial charge in [0.15, 0.2) is 0 Å². The molecule has 0 aliphatic carbocycles. The summed E-state index contributed by atoms with van der Waals surface area (Å²) in [7, 11) is 0. The van der Waals surface area contributed by atoms with Crippen LogP contribution < -0.4 is 11.1 Å². The molecule has 0 aliphatic heterocycles. The summed E-state index contributed by atoms with van der Waals surface area (Å²) in [6, 6.07) is 8.78. The highest BCUT2D eigenvalue weighted by Crippen LogP contribution is 2.01. The third-order valence-electron chi connectivity index (χ3n) is 2.30. The molecule has 1 aromatic carbocycles. The summed E-state index contributed by atoms with van der Waals surface area (Å²) in [6.07, 6.45) is 0.505. The minimum Gasteiger partial charge on any atom is -0.394 e. The second kappa shape index (κ2) is 6.25. The highest BCUT2D eigenvalue weighted by atomic mass is 16.3. The predicted octanol–water partition coefficient (Wildman–Crippen LogP) is 0.0534. The highest BCUT2D eigenvalue weighted by Gasteiger charge is 2.15. The quantitative estimate of drug-likeness (QED) is 0.659. The van der Waals surface area contributed by atoms with E-state index in [0.29, 0.717) is 6.42 Å². The van der Waals surface area contributed by atoms with E-state index in [1.807, 2.05) is 30.3 Å². The molecule has 0 heterocycles. The Morgan fingerprint density at radius 3 is 2.62 bits per heavy atom. The number of aliphatic hydroxyl groups excluding tert-OH is 1. The maximum absolute atomic E-state index is 11.6. The number of hydrogen-bond acceptors (Lipinski definition) is 3. The van der Waals surface area contributed by atoms with Crippen LogP contribution in [0.4, 0.5) is 0 Å². The molecule has 0 aliphatic rings. The molecule has 4 nitrogen and oxygen atoms in total. The summed E-state index contributed by atoms with van der Waals surface area (Å²) in [5.74, 6) is -0.231. The Morgan fingerprint density at radius 1 is 1.44 bits per heavy atom. The first-order valence-corrected chi connectivity index (χ1v) is 5.34. The van der Waals surface area contributed by atoms with Gasteiger partial charge in [-0.1, -0.05) is 30.3 Å². The average Bonchev–Trinajstić information content (AvgIpc) is 2.30. The van der Waals surface area contributed by atoms with Crippen molar-refractivity contribution in [3.63, 3.8) is 0 Å². The van der Waals surface area contributed by atoms with Crippen LogP contribution in [0.2, 0.25) is 0 Å². The van der Waals surface area contributed by atoms with Gasteiger partial charge in [-0.3, -0.25) is 4.79 Å². The lowest BCUT2D eigenvalue weighted by molar-refractivity contribution is -0.123. The predicted molar refractivity (Wildman–Crippen MR) is 62.8 cm³/mol. The van der Waals surface area contributed by atoms with Gasteiger partial charge < -0.3 is 16.2 Å². The van der Waals surface area contributed by atoms with Gasteiger partial charge in [-0.05, 0) is 18.9 Å². The molecule has 1 aromatic rings. The molecule has 0 spiro atoms. The van der Waals surface area contributed by atoms with Gasteiger partial charge in [0.1, 0.15) is 0 Å². The van der Waals surface area contributed by atoms with E-state index in [1.165, 1.54) is 0 Å². The molecular weight excluding hydrogens is 204 g/mol. The summed E-state index contributed by atoms with van der Waals surface area (Å²) in [4.78, 5) is 11.6. The average molecular weight is 222 g/mol. The van der Waals surface area contributed by atoms with Gasteiger partial charge in [-0.25, -0.2) is 0 Å². The Balaban J connectivity index is 2.46. The molecule has 1 amide bonds. The Kier molecular flexibility index (Phi) is 4.95. The zero-order chi connectivity index (χ0) is 12.0. The van der Waals surface area contributed by atoms with Crippen molar-refractivity contribution in [1.82, 2.24) is 5.32 Å². The van der Waals surface area contributed by atoms with Crippen LogP contribution in [-0.4, -0.2) is 29.7 Å². The monoisotopic (exact) mass is 222 g/mol. The number of rotatable bonds is 5. The largest absolute Gasteiger partial charge is 0.394 e. The Hall–Kier alpha value is -1.39. The minimum atomic E-state index is -0.573. The molecule has 16 heavy (non-hydrogen) atoms. The van der Waals surface area contributed by atoms with E-state index in [2.05, 4.69) is 5.32 Å². The van der Waals surface area contributed by atoms with E-state index in [4.69, 9.17) is 10.8 Å². The first kappa shape index (κ1) is 12.7. The maximum atomic E-state index is 11.6. The number of aliphatic hydroxyl groups is 1. The minimum absolute atomic E-state index is 0.0796. The number of hydrogen-bond donors (Lipinski definition) is 3. The number of nitrogens with two attached hydrogens (primary N) is 1. The van der Waals surface area contributed by atoms with Crippen molar-refractivity contribution in [2.75, 3.05) is 6.61 Å². The van der Waals surface area contributed by atoms with Crippen molar-refractivity contribution < 1.29 is 9.90 Å². The van der Waals surface area contributed by atoms with Crippen LogP contribution >= 0.6 is 0 Å². The van der Waals surface area contributed by atoms with Crippen molar-refractivity contribution >= 4 is 5.91 Å². The molecule has 88 valence electrons. The molecule has 1 rings (SSSR count). The van der Waals surface area contributed by atoms with Gasteiger partial charge in [-0.2, -0.15) is 0 Å². The SMILES string of the molecule is CC(CO)NC(=O)[C@H](N)Cc1ccccc1. The Labute approximate surface area is 95.5 Å². The molecule has 4 N–H and O–H groups in total. The zero-order valence-electron chi connectivity index (χ0n) is 9.39. The van der Waals surface area contributed by atoms with E-state index in [-0.39, 0.29) is 18.6 Å². The van der Waals surface area contributed by atoms with Crippen LogP contribution in [0.25, 0.3) is 0 Å². The van der Waals surface area contributed by atoms with Gasteiger partial charge in [0, 0.05) is 6.04 Å². The first-order chi connectivity index (χ1) is 7.63. The fourth-order valence-corrected chi connectivity index (χ4v) is 1.36. The molecule has 0 saturated carbocycles. The number of benzene rings is 1. The molecule has 0 bridgehead atoms. The lowest BCUT2D eigenvalue weighted by Gasteiger charge is -2.15. The first-order valence-electron chi connectivity index (χ1n) is 5.34. The summed E-state index contributed by atoms with van der Waals surface area (Å²) < 4.78 is 0. The fourth-order valence-electron chi connectivity index (χ4n) is 1.36. The van der Waals surface area contributed by atoms with Crippen LogP contribution in [0.3, 0.4) is 0 Å². The molecule has 0 fully saturated rings. The third kappa shape index (κ3) is 4.00. The van der Waals surface area contributed by atoms with E-state index >= 15 is 0 Å². The van der Waals surface area contributed by atoms with Crippen LogP contribution in [0.1, 0.15) is 12.5 Å². The number of nitrogens with one attached hydrogen (secondary N) is 1. The van der Waals surface area contributed by atoms with Crippen LogP contribution in [-0.2, 0) is 11.2 Å². The van der Waals surface area contributed by atoms with E-state index in [1.54, 1.807) is 6.92 Å². The van der Waals surface area contributed by atoms with E-state index in [0.717, 1.165) is 5.56 Å². The van der Waals surface area contributed by atoms with Crippen LogP contribution in [0.15, 0.2) is 30.3 Å². The van der Waals surface area contributed by atoms with Gasteiger partial charge in [0.05, 0.1) is 12.6 Å². The number of carbonyl (C=O) groups is 1. The fraction of sp³-hybridized carbons (Fsp3) is 0.417. The maximum Gasteiger partial charge on any atom is 0.237 e. The summed E-state index contributed by atoms with van der Waals surface area (Å²) in [5.41, 5.74) is 6.79. The summed E-state index contributed by atoms with van der Waals surface area (Å²) >= 11 is 0. The van der Waals surface area contributed by atoms with Gasteiger partial charge >= 0.3 is 0 Å². The van der Waals surface area contributed by atoms with Gasteiger partial charge in [-0.15, -0.1) is 0 Å². The molecule has 1 unspecified atom stereocenters. The summed E-state index contributed by atoms with van der Waals surface area (Å²) in [5, 5.41) is 11.4. The van der Waals surface area contributed by atoms with Crippen LogP contribution in [0.5, 0.6) is 0 Å². The normalized spacial score (nSPS) is 14.2. The zero-order valence-corrected chi connectivity index (χ0v) is 9.39. The Bertz CT molecular complexity index is 327. The highest BCUT2D eigenvalue weighted by molar-refractivity contribution is 5.82. The lowest BCUT2D eigenvalue weighted by Crippen LogP contribution is -2.46. The van der Waals surface area contributed by atoms with Crippen LogP contribution in [0, 0.1) is 0 Å². The van der Waals surface area contributed by atoms with E-state index < -0.39 is 6.04 Å². The second-order valence-corrected chi connectivity index (χ2v) is 3.89.